The summed E-state index contributed by atoms with van der Waals surface area (Å²) in [5.74, 6) is -1.14. The summed E-state index contributed by atoms with van der Waals surface area (Å²) in [4.78, 5) is 38.1. The Hall–Kier alpha value is -3.61. The van der Waals surface area contributed by atoms with Crippen molar-refractivity contribution in [3.05, 3.63) is 70.0 Å². The number of H-pyrrole nitrogens is 1. The van der Waals surface area contributed by atoms with E-state index in [4.69, 9.17) is 9.84 Å². The molecule has 0 spiro atoms. The van der Waals surface area contributed by atoms with E-state index in [0.29, 0.717) is 22.3 Å². The van der Waals surface area contributed by atoms with Gasteiger partial charge in [-0.3, -0.25) is 9.59 Å². The standard InChI is InChI=1S/C18H14N2O5/c1-25-14-4-2-3-11-9-13(17(22)20-15(11)14)16(21)19-12-7-5-10(6-8-12)18(23)24/h2-9H,1H3,(H,19,21)(H,20,22)(H,23,24). The van der Waals surface area contributed by atoms with Crippen LogP contribution in [0.4, 0.5) is 5.69 Å². The van der Waals surface area contributed by atoms with Crippen LogP contribution in [0.3, 0.4) is 0 Å². The third-order valence-electron chi connectivity index (χ3n) is 3.70. The van der Waals surface area contributed by atoms with Crippen LogP contribution in [0.5, 0.6) is 5.75 Å². The number of amides is 1. The first-order valence-corrected chi connectivity index (χ1v) is 7.34. The summed E-state index contributed by atoms with van der Waals surface area (Å²) >= 11 is 0. The molecule has 3 N–H and O–H groups in total. The van der Waals surface area contributed by atoms with E-state index in [1.165, 1.54) is 37.4 Å². The second kappa shape index (κ2) is 6.48. The number of pyridine rings is 1. The molecule has 0 atom stereocenters. The van der Waals surface area contributed by atoms with Crippen molar-refractivity contribution in [2.75, 3.05) is 12.4 Å². The van der Waals surface area contributed by atoms with Crippen molar-refractivity contribution in [2.24, 2.45) is 0 Å². The Morgan fingerprint density at radius 2 is 1.84 bits per heavy atom. The molecule has 2 aromatic carbocycles. The van der Waals surface area contributed by atoms with E-state index in [2.05, 4.69) is 10.3 Å². The minimum Gasteiger partial charge on any atom is -0.495 e. The van der Waals surface area contributed by atoms with Crippen molar-refractivity contribution in [1.29, 1.82) is 0 Å². The van der Waals surface area contributed by atoms with E-state index in [1.807, 2.05) is 0 Å². The van der Waals surface area contributed by atoms with E-state index in [-0.39, 0.29) is 11.1 Å². The normalized spacial score (nSPS) is 10.4. The molecule has 3 aromatic rings. The SMILES string of the molecule is COc1cccc2cc(C(=O)Nc3ccc(C(=O)O)cc3)c(=O)[nH]c12. The predicted octanol–water partition coefficient (Wildman–Crippen LogP) is 2.49. The number of anilines is 1. The molecule has 0 bridgehead atoms. The number of rotatable bonds is 4. The van der Waals surface area contributed by atoms with Gasteiger partial charge in [-0.05, 0) is 36.4 Å². The lowest BCUT2D eigenvalue weighted by atomic mass is 10.1. The number of carboxylic acids is 1. The summed E-state index contributed by atoms with van der Waals surface area (Å²) in [5.41, 5.74) is 0.408. The van der Waals surface area contributed by atoms with Crippen LogP contribution in [0.15, 0.2) is 53.3 Å². The zero-order chi connectivity index (χ0) is 18.0. The fourth-order valence-corrected chi connectivity index (χ4v) is 2.44. The fourth-order valence-electron chi connectivity index (χ4n) is 2.44. The van der Waals surface area contributed by atoms with Gasteiger partial charge in [0.25, 0.3) is 11.5 Å². The highest BCUT2D eigenvalue weighted by molar-refractivity contribution is 6.06. The highest BCUT2D eigenvalue weighted by Gasteiger charge is 2.14. The first-order valence-electron chi connectivity index (χ1n) is 7.34. The van der Waals surface area contributed by atoms with E-state index in [1.54, 1.807) is 18.2 Å². The number of carbonyl (C=O) groups is 2. The van der Waals surface area contributed by atoms with Crippen molar-refractivity contribution >= 4 is 28.5 Å². The second-order valence-electron chi connectivity index (χ2n) is 5.27. The van der Waals surface area contributed by atoms with E-state index < -0.39 is 17.4 Å². The number of ether oxygens (including phenoxy) is 1. The Bertz CT molecular complexity index is 1020. The number of aromatic amines is 1. The molecule has 0 radical (unpaired) electrons. The van der Waals surface area contributed by atoms with Gasteiger partial charge in [0.15, 0.2) is 0 Å². The minimum atomic E-state index is -1.06. The molecule has 0 unspecified atom stereocenters. The monoisotopic (exact) mass is 338 g/mol. The Balaban J connectivity index is 1.93. The average molecular weight is 338 g/mol. The van der Waals surface area contributed by atoms with Crippen LogP contribution >= 0.6 is 0 Å². The van der Waals surface area contributed by atoms with E-state index in [0.717, 1.165) is 0 Å². The maximum atomic E-state index is 12.4. The molecule has 7 heteroatoms. The van der Waals surface area contributed by atoms with Crippen LogP contribution < -0.4 is 15.6 Å². The van der Waals surface area contributed by atoms with Gasteiger partial charge in [0, 0.05) is 11.1 Å². The molecule has 0 aliphatic heterocycles. The lowest BCUT2D eigenvalue weighted by Gasteiger charge is -2.08. The molecule has 0 aliphatic carbocycles. The molecule has 1 amide bonds. The van der Waals surface area contributed by atoms with Gasteiger partial charge in [-0.1, -0.05) is 12.1 Å². The smallest absolute Gasteiger partial charge is 0.335 e. The number of nitrogens with one attached hydrogen (secondary N) is 2. The molecule has 3 rings (SSSR count). The second-order valence-corrected chi connectivity index (χ2v) is 5.27. The summed E-state index contributed by atoms with van der Waals surface area (Å²) < 4.78 is 5.19. The molecule has 0 fully saturated rings. The lowest BCUT2D eigenvalue weighted by molar-refractivity contribution is 0.0696. The molecule has 7 nitrogen and oxygen atoms in total. The number of aromatic carboxylic acids is 1. The van der Waals surface area contributed by atoms with Gasteiger partial charge in [0.05, 0.1) is 18.2 Å². The highest BCUT2D eigenvalue weighted by Crippen LogP contribution is 2.22. The number of aromatic nitrogens is 1. The van der Waals surface area contributed by atoms with Gasteiger partial charge < -0.3 is 20.1 Å². The summed E-state index contributed by atoms with van der Waals surface area (Å²) in [6.45, 7) is 0. The van der Waals surface area contributed by atoms with Crippen molar-refractivity contribution in [2.45, 2.75) is 0 Å². The van der Waals surface area contributed by atoms with Gasteiger partial charge in [0.1, 0.15) is 11.3 Å². The zero-order valence-electron chi connectivity index (χ0n) is 13.2. The number of carboxylic acid groups (broad SMARTS) is 1. The molecule has 25 heavy (non-hydrogen) atoms. The first kappa shape index (κ1) is 16.3. The van der Waals surface area contributed by atoms with Crippen LogP contribution in [0.2, 0.25) is 0 Å². The van der Waals surface area contributed by atoms with Gasteiger partial charge in [-0.25, -0.2) is 4.79 Å². The number of benzene rings is 2. The van der Waals surface area contributed by atoms with E-state index >= 15 is 0 Å². The Morgan fingerprint density at radius 1 is 1.12 bits per heavy atom. The third kappa shape index (κ3) is 3.20. The first-order chi connectivity index (χ1) is 12.0. The Labute approximate surface area is 141 Å². The van der Waals surface area contributed by atoms with Crippen LogP contribution in [-0.2, 0) is 0 Å². The average Bonchev–Trinajstić information content (AvgIpc) is 2.61. The van der Waals surface area contributed by atoms with Crippen molar-refractivity contribution < 1.29 is 19.4 Å². The number of methoxy groups -OCH3 is 1. The van der Waals surface area contributed by atoms with E-state index in [9.17, 15) is 14.4 Å². The zero-order valence-corrected chi connectivity index (χ0v) is 13.2. The molecule has 1 heterocycles. The summed E-state index contributed by atoms with van der Waals surface area (Å²) in [6, 6.07) is 12.4. The molecule has 0 aliphatic rings. The van der Waals surface area contributed by atoms with Gasteiger partial charge >= 0.3 is 5.97 Å². The largest absolute Gasteiger partial charge is 0.495 e. The molecular weight excluding hydrogens is 324 g/mol. The van der Waals surface area contributed by atoms with Crippen molar-refractivity contribution in [3.8, 4) is 5.75 Å². The molecular formula is C18H14N2O5. The summed E-state index contributed by atoms with van der Waals surface area (Å²) in [6.07, 6.45) is 0. The summed E-state index contributed by atoms with van der Waals surface area (Å²) in [5, 5.41) is 12.1. The molecule has 0 saturated carbocycles. The summed E-state index contributed by atoms with van der Waals surface area (Å²) in [7, 11) is 1.49. The number of hydrogen-bond donors (Lipinski definition) is 3. The quantitative estimate of drug-likeness (QED) is 0.677. The predicted molar refractivity (Wildman–Crippen MR) is 92.5 cm³/mol. The van der Waals surface area contributed by atoms with Crippen molar-refractivity contribution in [1.82, 2.24) is 4.98 Å². The highest BCUT2D eigenvalue weighted by atomic mass is 16.5. The number of para-hydroxylation sites is 1. The third-order valence-corrected chi connectivity index (χ3v) is 3.70. The lowest BCUT2D eigenvalue weighted by Crippen LogP contribution is -2.23. The van der Waals surface area contributed by atoms with Crippen LogP contribution in [-0.4, -0.2) is 29.1 Å². The fraction of sp³-hybridized carbons (Fsp3) is 0.0556. The number of carbonyl (C=O) groups excluding carboxylic acids is 1. The molecule has 0 saturated heterocycles. The topological polar surface area (TPSA) is 108 Å². The van der Waals surface area contributed by atoms with Gasteiger partial charge in [-0.15, -0.1) is 0 Å². The number of hydrogen-bond acceptors (Lipinski definition) is 4. The number of fused-ring (bicyclic) bond motifs is 1. The maximum absolute atomic E-state index is 12.4. The van der Waals surface area contributed by atoms with Crippen LogP contribution in [0.1, 0.15) is 20.7 Å². The van der Waals surface area contributed by atoms with Crippen LogP contribution in [0, 0.1) is 0 Å². The molecule has 1 aromatic heterocycles. The van der Waals surface area contributed by atoms with Gasteiger partial charge in [-0.2, -0.15) is 0 Å². The Morgan fingerprint density at radius 3 is 2.48 bits per heavy atom. The van der Waals surface area contributed by atoms with Crippen LogP contribution in [0.25, 0.3) is 10.9 Å². The maximum Gasteiger partial charge on any atom is 0.335 e. The Kier molecular flexibility index (Phi) is 4.21. The minimum absolute atomic E-state index is 0.0527. The molecule has 126 valence electrons. The van der Waals surface area contributed by atoms with Crippen molar-refractivity contribution in [3.63, 3.8) is 0 Å². The van der Waals surface area contributed by atoms with Gasteiger partial charge in [0.2, 0.25) is 0 Å².